The van der Waals surface area contributed by atoms with Crippen LogP contribution in [0.1, 0.15) is 12.8 Å². The van der Waals surface area contributed by atoms with Crippen LogP contribution in [0.2, 0.25) is 5.02 Å². The lowest BCUT2D eigenvalue weighted by Gasteiger charge is -2.30. The number of carbonyl (C=O) groups excluding carboxylic acids is 2. The number of methoxy groups -OCH3 is 1. The average molecular weight is 368 g/mol. The molecule has 0 unspecified atom stereocenters. The number of nitrogens with one attached hydrogen (secondary N) is 1. The molecule has 1 amide bonds. The standard InChI is InChI=1S/C16H18ClN3O3S/c1-23-15(22)10-4-6-20(7-5-10)14(21)9-24-16-18-12-3-2-11(17)8-13(12)19-16/h2-3,8,10H,4-7,9H2,1H3,(H,18,19). The van der Waals surface area contributed by atoms with Gasteiger partial charge < -0.3 is 14.6 Å². The highest BCUT2D eigenvalue weighted by molar-refractivity contribution is 7.99. The second kappa shape index (κ2) is 7.44. The zero-order valence-corrected chi connectivity index (χ0v) is 14.8. The Labute approximate surface area is 148 Å². The maximum atomic E-state index is 12.3. The summed E-state index contributed by atoms with van der Waals surface area (Å²) in [6, 6.07) is 5.45. The van der Waals surface area contributed by atoms with E-state index in [0.29, 0.717) is 41.9 Å². The molecule has 1 aliphatic heterocycles. The van der Waals surface area contributed by atoms with Gasteiger partial charge in [-0.1, -0.05) is 23.4 Å². The second-order valence-corrected chi connectivity index (χ2v) is 7.07. The number of nitrogens with zero attached hydrogens (tertiary/aromatic N) is 2. The summed E-state index contributed by atoms with van der Waals surface area (Å²) in [5.74, 6) is 0.0993. The molecule has 0 bridgehead atoms. The molecule has 0 radical (unpaired) electrons. The molecule has 0 aliphatic carbocycles. The monoisotopic (exact) mass is 367 g/mol. The molecule has 0 spiro atoms. The van der Waals surface area contributed by atoms with Gasteiger partial charge in [-0.2, -0.15) is 0 Å². The van der Waals surface area contributed by atoms with Crippen molar-refractivity contribution in [2.45, 2.75) is 18.0 Å². The highest BCUT2D eigenvalue weighted by Gasteiger charge is 2.27. The summed E-state index contributed by atoms with van der Waals surface area (Å²) in [5, 5.41) is 1.34. The van der Waals surface area contributed by atoms with E-state index in [-0.39, 0.29) is 17.8 Å². The number of hydrogen-bond acceptors (Lipinski definition) is 5. The molecular formula is C16H18ClN3O3S. The first-order valence-corrected chi connectivity index (χ1v) is 9.07. The van der Waals surface area contributed by atoms with E-state index in [1.165, 1.54) is 18.9 Å². The Bertz CT molecular complexity index is 756. The Morgan fingerprint density at radius 2 is 2.17 bits per heavy atom. The highest BCUT2D eigenvalue weighted by Crippen LogP contribution is 2.24. The number of likely N-dealkylation sites (tertiary alicyclic amines) is 1. The summed E-state index contributed by atoms with van der Waals surface area (Å²) in [7, 11) is 1.40. The second-order valence-electron chi connectivity index (χ2n) is 5.67. The van der Waals surface area contributed by atoms with Gasteiger partial charge in [-0.15, -0.1) is 0 Å². The Balaban J connectivity index is 1.53. The minimum absolute atomic E-state index is 0.0572. The largest absolute Gasteiger partial charge is 0.469 e. The first kappa shape index (κ1) is 17.1. The number of imidazole rings is 1. The van der Waals surface area contributed by atoms with Crippen LogP contribution in [0.4, 0.5) is 0 Å². The van der Waals surface area contributed by atoms with E-state index >= 15 is 0 Å². The van der Waals surface area contributed by atoms with Crippen LogP contribution in [0, 0.1) is 5.92 Å². The molecule has 128 valence electrons. The molecule has 0 atom stereocenters. The molecule has 1 aromatic carbocycles. The smallest absolute Gasteiger partial charge is 0.308 e. The number of carbonyl (C=O) groups is 2. The summed E-state index contributed by atoms with van der Waals surface area (Å²) < 4.78 is 4.76. The van der Waals surface area contributed by atoms with Crippen LogP contribution in [0.25, 0.3) is 11.0 Å². The van der Waals surface area contributed by atoms with E-state index in [1.807, 2.05) is 12.1 Å². The van der Waals surface area contributed by atoms with Crippen LogP contribution >= 0.6 is 23.4 Å². The minimum Gasteiger partial charge on any atom is -0.469 e. The topological polar surface area (TPSA) is 75.3 Å². The first-order chi connectivity index (χ1) is 11.6. The number of amides is 1. The molecule has 2 aromatic rings. The molecule has 1 N–H and O–H groups in total. The lowest BCUT2D eigenvalue weighted by molar-refractivity contribution is -0.148. The number of esters is 1. The van der Waals surface area contributed by atoms with E-state index < -0.39 is 0 Å². The molecule has 8 heteroatoms. The molecule has 3 rings (SSSR count). The average Bonchev–Trinajstić information content (AvgIpc) is 3.01. The first-order valence-electron chi connectivity index (χ1n) is 7.70. The number of aromatic amines is 1. The number of hydrogen-bond donors (Lipinski definition) is 1. The highest BCUT2D eigenvalue weighted by atomic mass is 35.5. The van der Waals surface area contributed by atoms with Crippen LogP contribution in [-0.4, -0.2) is 52.7 Å². The van der Waals surface area contributed by atoms with Crippen LogP contribution in [0.15, 0.2) is 23.4 Å². The van der Waals surface area contributed by atoms with Crippen molar-refractivity contribution < 1.29 is 14.3 Å². The van der Waals surface area contributed by atoms with E-state index in [1.54, 1.807) is 11.0 Å². The normalized spacial score (nSPS) is 15.7. The zero-order chi connectivity index (χ0) is 17.1. The van der Waals surface area contributed by atoms with Crippen molar-refractivity contribution in [1.29, 1.82) is 0 Å². The van der Waals surface area contributed by atoms with Crippen LogP contribution in [0.5, 0.6) is 0 Å². The minimum atomic E-state index is -0.183. The maximum absolute atomic E-state index is 12.3. The third-order valence-corrected chi connectivity index (χ3v) is 5.23. The Morgan fingerprint density at radius 1 is 1.42 bits per heavy atom. The fourth-order valence-electron chi connectivity index (χ4n) is 2.78. The Hall–Kier alpha value is -1.73. The van der Waals surface area contributed by atoms with E-state index in [9.17, 15) is 9.59 Å². The summed E-state index contributed by atoms with van der Waals surface area (Å²) >= 11 is 7.33. The zero-order valence-electron chi connectivity index (χ0n) is 13.3. The number of H-pyrrole nitrogens is 1. The van der Waals surface area contributed by atoms with Crippen molar-refractivity contribution in [3.05, 3.63) is 23.2 Å². The van der Waals surface area contributed by atoms with Crippen molar-refractivity contribution in [3.8, 4) is 0 Å². The van der Waals surface area contributed by atoms with Crippen LogP contribution in [0.3, 0.4) is 0 Å². The van der Waals surface area contributed by atoms with Crippen molar-refractivity contribution in [3.63, 3.8) is 0 Å². The molecule has 1 aliphatic rings. The maximum Gasteiger partial charge on any atom is 0.308 e. The summed E-state index contributed by atoms with van der Waals surface area (Å²) in [4.78, 5) is 33.2. The fourth-order valence-corrected chi connectivity index (χ4v) is 3.74. The van der Waals surface area contributed by atoms with E-state index in [2.05, 4.69) is 9.97 Å². The van der Waals surface area contributed by atoms with Gasteiger partial charge in [0.15, 0.2) is 5.16 Å². The van der Waals surface area contributed by atoms with Crippen LogP contribution < -0.4 is 0 Å². The van der Waals surface area contributed by atoms with Gasteiger partial charge in [0.25, 0.3) is 0 Å². The lowest BCUT2D eigenvalue weighted by atomic mass is 9.97. The van der Waals surface area contributed by atoms with E-state index in [0.717, 1.165) is 11.0 Å². The van der Waals surface area contributed by atoms with Crippen molar-refractivity contribution >= 4 is 46.3 Å². The summed E-state index contributed by atoms with van der Waals surface area (Å²) in [6.07, 6.45) is 1.32. The molecule has 1 saturated heterocycles. The lowest BCUT2D eigenvalue weighted by Crippen LogP contribution is -2.41. The number of ether oxygens (including phenoxy) is 1. The van der Waals surface area contributed by atoms with Gasteiger partial charge in [0, 0.05) is 18.1 Å². The Morgan fingerprint density at radius 3 is 2.88 bits per heavy atom. The Kier molecular flexibility index (Phi) is 5.30. The molecule has 24 heavy (non-hydrogen) atoms. The third-order valence-electron chi connectivity index (χ3n) is 4.14. The van der Waals surface area contributed by atoms with Crippen molar-refractivity contribution in [1.82, 2.24) is 14.9 Å². The molecule has 0 saturated carbocycles. The van der Waals surface area contributed by atoms with Gasteiger partial charge in [-0.05, 0) is 31.0 Å². The number of benzene rings is 1. The third kappa shape index (κ3) is 3.84. The van der Waals surface area contributed by atoms with Crippen molar-refractivity contribution in [2.24, 2.45) is 5.92 Å². The number of aromatic nitrogens is 2. The SMILES string of the molecule is COC(=O)C1CCN(C(=O)CSc2nc3ccc(Cl)cc3[nH]2)CC1. The van der Waals surface area contributed by atoms with Gasteiger partial charge in [-0.25, -0.2) is 4.98 Å². The van der Waals surface area contributed by atoms with Crippen LogP contribution in [-0.2, 0) is 14.3 Å². The van der Waals surface area contributed by atoms with Gasteiger partial charge in [0.2, 0.25) is 5.91 Å². The molecule has 2 heterocycles. The number of rotatable bonds is 4. The fraction of sp³-hybridized carbons (Fsp3) is 0.438. The molecular weight excluding hydrogens is 350 g/mol. The van der Waals surface area contributed by atoms with Gasteiger partial charge >= 0.3 is 5.97 Å². The van der Waals surface area contributed by atoms with Gasteiger partial charge in [0.05, 0.1) is 29.8 Å². The summed E-state index contributed by atoms with van der Waals surface area (Å²) in [6.45, 7) is 1.18. The molecule has 1 fully saturated rings. The van der Waals surface area contributed by atoms with E-state index in [4.69, 9.17) is 16.3 Å². The van der Waals surface area contributed by atoms with Gasteiger partial charge in [-0.3, -0.25) is 9.59 Å². The predicted octanol–water partition coefficient (Wildman–Crippen LogP) is 2.72. The molecule has 6 nitrogen and oxygen atoms in total. The number of halogens is 1. The predicted molar refractivity (Wildman–Crippen MR) is 93.1 cm³/mol. The quantitative estimate of drug-likeness (QED) is 0.664. The number of piperidine rings is 1. The summed E-state index contributed by atoms with van der Waals surface area (Å²) in [5.41, 5.74) is 1.68. The number of thioether (sulfide) groups is 1. The van der Waals surface area contributed by atoms with Crippen molar-refractivity contribution in [2.75, 3.05) is 26.0 Å². The number of fused-ring (bicyclic) bond motifs is 1. The molecule has 1 aromatic heterocycles. The van der Waals surface area contributed by atoms with Gasteiger partial charge in [0.1, 0.15) is 0 Å².